The van der Waals surface area contributed by atoms with Crippen LogP contribution in [0.1, 0.15) is 12.5 Å². The fourth-order valence-electron chi connectivity index (χ4n) is 1.12. The summed E-state index contributed by atoms with van der Waals surface area (Å²) in [5.74, 6) is -0.239. The molecule has 0 saturated carbocycles. The van der Waals surface area contributed by atoms with Crippen molar-refractivity contribution in [3.05, 3.63) is 28.8 Å². The average molecular weight is 240 g/mol. The quantitative estimate of drug-likeness (QED) is 0.759. The predicted octanol–water partition coefficient (Wildman–Crippen LogP) is 2.15. The van der Waals surface area contributed by atoms with Crippen molar-refractivity contribution >= 4 is 17.6 Å². The van der Waals surface area contributed by atoms with Crippen LogP contribution in [0.3, 0.4) is 0 Å². The maximum atomic E-state index is 11.1. The first kappa shape index (κ1) is 12.3. The maximum absolute atomic E-state index is 11.1. The Hall–Kier alpha value is -1.73. The Bertz CT molecular complexity index is 439. The topological polar surface area (TPSA) is 59.3 Å². The number of nitriles is 1. The molecule has 0 aliphatic rings. The molecule has 0 N–H and O–H groups in total. The molecule has 16 heavy (non-hydrogen) atoms. The van der Waals surface area contributed by atoms with Gasteiger partial charge in [0.2, 0.25) is 0 Å². The highest BCUT2D eigenvalue weighted by atomic mass is 35.5. The lowest BCUT2D eigenvalue weighted by atomic mass is 10.2. The summed E-state index contributed by atoms with van der Waals surface area (Å²) in [6.45, 7) is 1.54. The zero-order chi connectivity index (χ0) is 12.1. The van der Waals surface area contributed by atoms with Gasteiger partial charge in [0.15, 0.2) is 6.10 Å². The van der Waals surface area contributed by atoms with Crippen LogP contribution in [0.5, 0.6) is 5.75 Å². The second-order valence-electron chi connectivity index (χ2n) is 3.01. The van der Waals surface area contributed by atoms with E-state index in [-0.39, 0.29) is 16.3 Å². The highest BCUT2D eigenvalue weighted by molar-refractivity contribution is 6.31. The summed E-state index contributed by atoms with van der Waals surface area (Å²) in [6, 6.07) is 6.71. The first-order chi connectivity index (χ1) is 7.60. The lowest BCUT2D eigenvalue weighted by Gasteiger charge is -2.13. The number of benzene rings is 1. The van der Waals surface area contributed by atoms with Crippen molar-refractivity contribution < 1.29 is 14.3 Å². The fourth-order valence-corrected chi connectivity index (χ4v) is 1.32. The van der Waals surface area contributed by atoms with Gasteiger partial charge < -0.3 is 9.47 Å². The molecule has 1 rings (SSSR count). The molecular weight excluding hydrogens is 230 g/mol. The van der Waals surface area contributed by atoms with E-state index in [1.54, 1.807) is 18.2 Å². The molecule has 1 atom stereocenters. The molecule has 0 bridgehead atoms. The predicted molar refractivity (Wildman–Crippen MR) is 58.3 cm³/mol. The zero-order valence-electron chi connectivity index (χ0n) is 8.86. The molecule has 0 aromatic heterocycles. The van der Waals surface area contributed by atoms with Gasteiger partial charge in [0.25, 0.3) is 0 Å². The molecule has 0 heterocycles. The second kappa shape index (κ2) is 5.38. The second-order valence-corrected chi connectivity index (χ2v) is 3.42. The van der Waals surface area contributed by atoms with E-state index in [1.807, 2.05) is 6.07 Å². The molecule has 0 radical (unpaired) electrons. The number of hydrogen-bond donors (Lipinski definition) is 0. The molecule has 0 amide bonds. The first-order valence-electron chi connectivity index (χ1n) is 4.53. The minimum atomic E-state index is -0.782. The Labute approximate surface area is 98.3 Å². The van der Waals surface area contributed by atoms with Crippen LogP contribution in [0.2, 0.25) is 5.02 Å². The molecule has 0 fully saturated rings. The molecule has 84 valence electrons. The number of halogens is 1. The Morgan fingerprint density at radius 3 is 2.81 bits per heavy atom. The van der Waals surface area contributed by atoms with Crippen molar-refractivity contribution in [2.24, 2.45) is 0 Å². The molecule has 1 unspecified atom stereocenters. The number of esters is 1. The van der Waals surface area contributed by atoms with Gasteiger partial charge in [0.05, 0.1) is 12.1 Å². The van der Waals surface area contributed by atoms with E-state index in [0.29, 0.717) is 0 Å². The third-order valence-corrected chi connectivity index (χ3v) is 2.24. The number of rotatable bonds is 3. The maximum Gasteiger partial charge on any atom is 0.346 e. The number of ether oxygens (including phenoxy) is 2. The van der Waals surface area contributed by atoms with Crippen LogP contribution in [0, 0.1) is 11.3 Å². The van der Waals surface area contributed by atoms with Gasteiger partial charge in [0.1, 0.15) is 17.4 Å². The Morgan fingerprint density at radius 2 is 2.25 bits per heavy atom. The summed E-state index contributed by atoms with van der Waals surface area (Å²) in [4.78, 5) is 11.1. The summed E-state index contributed by atoms with van der Waals surface area (Å²) in [5, 5.41) is 9.17. The average Bonchev–Trinajstić information content (AvgIpc) is 2.28. The van der Waals surface area contributed by atoms with Crippen molar-refractivity contribution in [2.45, 2.75) is 13.0 Å². The van der Waals surface area contributed by atoms with E-state index in [2.05, 4.69) is 4.74 Å². The summed E-state index contributed by atoms with van der Waals surface area (Å²) >= 11 is 5.81. The highest BCUT2D eigenvalue weighted by Gasteiger charge is 2.17. The molecule has 0 aliphatic heterocycles. The lowest BCUT2D eigenvalue weighted by molar-refractivity contribution is -0.147. The van der Waals surface area contributed by atoms with Gasteiger partial charge >= 0.3 is 5.97 Å². The van der Waals surface area contributed by atoms with Crippen LogP contribution in [0.15, 0.2) is 18.2 Å². The SMILES string of the molecule is COC(=O)C(C)Oc1cccc(Cl)c1C#N. The van der Waals surface area contributed by atoms with Gasteiger partial charge in [-0.1, -0.05) is 17.7 Å². The van der Waals surface area contributed by atoms with E-state index < -0.39 is 12.1 Å². The molecule has 0 spiro atoms. The molecular formula is C11H10ClNO3. The minimum absolute atomic E-state index is 0.208. The van der Waals surface area contributed by atoms with E-state index >= 15 is 0 Å². The van der Waals surface area contributed by atoms with Gasteiger partial charge in [0, 0.05) is 0 Å². The Morgan fingerprint density at radius 1 is 1.56 bits per heavy atom. The molecule has 1 aromatic carbocycles. The Kier molecular flexibility index (Phi) is 4.15. The monoisotopic (exact) mass is 239 g/mol. The van der Waals surface area contributed by atoms with E-state index in [9.17, 15) is 4.79 Å². The number of carbonyl (C=O) groups is 1. The van der Waals surface area contributed by atoms with Crippen LogP contribution in [-0.4, -0.2) is 19.2 Å². The van der Waals surface area contributed by atoms with Crippen LogP contribution in [-0.2, 0) is 9.53 Å². The number of methoxy groups -OCH3 is 1. The van der Waals surface area contributed by atoms with Crippen LogP contribution >= 0.6 is 11.6 Å². The van der Waals surface area contributed by atoms with Gasteiger partial charge in [-0.15, -0.1) is 0 Å². The van der Waals surface area contributed by atoms with Crippen LogP contribution < -0.4 is 4.74 Å². The zero-order valence-corrected chi connectivity index (χ0v) is 9.62. The smallest absolute Gasteiger partial charge is 0.346 e. The number of hydrogen-bond acceptors (Lipinski definition) is 4. The van der Waals surface area contributed by atoms with Crippen molar-refractivity contribution in [1.82, 2.24) is 0 Å². The molecule has 0 saturated heterocycles. The van der Waals surface area contributed by atoms with Crippen molar-refractivity contribution in [3.8, 4) is 11.8 Å². The first-order valence-corrected chi connectivity index (χ1v) is 4.91. The molecule has 0 aliphatic carbocycles. The lowest BCUT2D eigenvalue weighted by Crippen LogP contribution is -2.25. The van der Waals surface area contributed by atoms with Gasteiger partial charge in [-0.3, -0.25) is 0 Å². The van der Waals surface area contributed by atoms with Gasteiger partial charge in [-0.05, 0) is 19.1 Å². The Balaban J connectivity index is 2.94. The number of nitrogens with zero attached hydrogens (tertiary/aromatic N) is 1. The van der Waals surface area contributed by atoms with E-state index in [4.69, 9.17) is 21.6 Å². The normalized spacial score (nSPS) is 11.4. The van der Waals surface area contributed by atoms with Crippen LogP contribution in [0.25, 0.3) is 0 Å². The van der Waals surface area contributed by atoms with Crippen molar-refractivity contribution in [2.75, 3.05) is 7.11 Å². The standard InChI is InChI=1S/C11H10ClNO3/c1-7(11(14)15-2)16-10-5-3-4-9(12)8(10)6-13/h3-5,7H,1-2H3. The van der Waals surface area contributed by atoms with Crippen LogP contribution in [0.4, 0.5) is 0 Å². The van der Waals surface area contributed by atoms with Gasteiger partial charge in [-0.25, -0.2) is 4.79 Å². The summed E-state index contributed by atoms with van der Waals surface area (Å²) in [5.41, 5.74) is 0.208. The third kappa shape index (κ3) is 2.65. The summed E-state index contributed by atoms with van der Waals surface area (Å²) < 4.78 is 9.80. The summed E-state index contributed by atoms with van der Waals surface area (Å²) in [7, 11) is 1.27. The highest BCUT2D eigenvalue weighted by Crippen LogP contribution is 2.26. The van der Waals surface area contributed by atoms with E-state index in [1.165, 1.54) is 14.0 Å². The largest absolute Gasteiger partial charge is 0.478 e. The summed E-state index contributed by atoms with van der Waals surface area (Å²) in [6.07, 6.45) is -0.782. The van der Waals surface area contributed by atoms with Crippen molar-refractivity contribution in [3.63, 3.8) is 0 Å². The molecule has 5 heteroatoms. The number of carbonyl (C=O) groups excluding carboxylic acids is 1. The fraction of sp³-hybridized carbons (Fsp3) is 0.273. The molecule has 1 aromatic rings. The van der Waals surface area contributed by atoms with Crippen molar-refractivity contribution in [1.29, 1.82) is 5.26 Å². The van der Waals surface area contributed by atoms with Gasteiger partial charge in [-0.2, -0.15) is 5.26 Å². The third-order valence-electron chi connectivity index (χ3n) is 1.92. The van der Waals surface area contributed by atoms with E-state index in [0.717, 1.165) is 0 Å². The molecule has 4 nitrogen and oxygen atoms in total. The minimum Gasteiger partial charge on any atom is -0.478 e.